The number of hydrogen-bond acceptors (Lipinski definition) is 4. The predicted octanol–water partition coefficient (Wildman–Crippen LogP) is 0.925. The van der Waals surface area contributed by atoms with Gasteiger partial charge in [-0.1, -0.05) is 24.3 Å². The van der Waals surface area contributed by atoms with Crippen LogP contribution in [0.5, 0.6) is 0 Å². The van der Waals surface area contributed by atoms with Gasteiger partial charge in [0, 0.05) is 39.6 Å². The lowest BCUT2D eigenvalue weighted by molar-refractivity contribution is 0.672. The molecule has 130 valence electrons. The SMILES string of the molecule is CN=C(NCc1ccc(Cn2ccnc2)cc1)NCc1ncnn1C. The van der Waals surface area contributed by atoms with E-state index >= 15 is 0 Å². The second kappa shape index (κ2) is 8.09. The molecule has 2 aromatic heterocycles. The molecule has 0 spiro atoms. The lowest BCUT2D eigenvalue weighted by Gasteiger charge is -2.12. The zero-order chi connectivity index (χ0) is 17.5. The fraction of sp³-hybridized carbons (Fsp3) is 0.294. The maximum absolute atomic E-state index is 4.23. The molecule has 3 aromatic rings. The van der Waals surface area contributed by atoms with Crippen LogP contribution in [0, 0.1) is 0 Å². The number of imidazole rings is 1. The van der Waals surface area contributed by atoms with Gasteiger partial charge < -0.3 is 15.2 Å². The highest BCUT2D eigenvalue weighted by Gasteiger charge is 2.03. The molecule has 0 bridgehead atoms. The molecule has 2 heterocycles. The van der Waals surface area contributed by atoms with Gasteiger partial charge in [-0.2, -0.15) is 5.10 Å². The van der Waals surface area contributed by atoms with Gasteiger partial charge in [-0.25, -0.2) is 9.97 Å². The van der Waals surface area contributed by atoms with Gasteiger partial charge >= 0.3 is 0 Å². The largest absolute Gasteiger partial charge is 0.352 e. The Bertz CT molecular complexity index is 802. The van der Waals surface area contributed by atoms with Crippen LogP contribution in [-0.2, 0) is 26.7 Å². The standard InChI is InChI=1S/C17H22N8/c1-18-17(21-10-16-22-12-23-24(16)2)20-9-14-3-5-15(6-4-14)11-25-8-7-19-13-25/h3-8,12-13H,9-11H2,1-2H3,(H2,18,20,21). The Balaban J connectivity index is 1.49. The highest BCUT2D eigenvalue weighted by molar-refractivity contribution is 5.79. The van der Waals surface area contributed by atoms with Crippen molar-refractivity contribution in [3.05, 3.63) is 66.3 Å². The molecule has 8 nitrogen and oxygen atoms in total. The Hall–Kier alpha value is -3.16. The van der Waals surface area contributed by atoms with Crippen molar-refractivity contribution in [3.8, 4) is 0 Å². The van der Waals surface area contributed by atoms with Gasteiger partial charge in [0.05, 0.1) is 12.9 Å². The van der Waals surface area contributed by atoms with Crippen molar-refractivity contribution in [2.45, 2.75) is 19.6 Å². The number of aliphatic imine (C=N–C) groups is 1. The first kappa shape index (κ1) is 16.7. The fourth-order valence-corrected chi connectivity index (χ4v) is 2.40. The van der Waals surface area contributed by atoms with Crippen LogP contribution in [0.1, 0.15) is 17.0 Å². The normalized spacial score (nSPS) is 11.5. The molecule has 8 heteroatoms. The number of aromatic nitrogens is 5. The van der Waals surface area contributed by atoms with Crippen molar-refractivity contribution < 1.29 is 0 Å². The summed E-state index contributed by atoms with van der Waals surface area (Å²) in [5.74, 6) is 1.58. The van der Waals surface area contributed by atoms with E-state index < -0.39 is 0 Å². The third kappa shape index (κ3) is 4.66. The zero-order valence-electron chi connectivity index (χ0n) is 14.4. The van der Waals surface area contributed by atoms with Gasteiger partial charge in [0.15, 0.2) is 5.96 Å². The molecule has 3 rings (SSSR count). The minimum atomic E-state index is 0.569. The summed E-state index contributed by atoms with van der Waals surface area (Å²) in [6, 6.07) is 8.50. The minimum Gasteiger partial charge on any atom is -0.352 e. The highest BCUT2D eigenvalue weighted by atomic mass is 15.3. The average Bonchev–Trinajstić information content (AvgIpc) is 3.28. The van der Waals surface area contributed by atoms with Crippen molar-refractivity contribution in [3.63, 3.8) is 0 Å². The Morgan fingerprint density at radius 1 is 1.12 bits per heavy atom. The molecule has 0 radical (unpaired) electrons. The van der Waals surface area contributed by atoms with Crippen LogP contribution >= 0.6 is 0 Å². The summed E-state index contributed by atoms with van der Waals surface area (Å²) in [6.07, 6.45) is 7.11. The van der Waals surface area contributed by atoms with Gasteiger partial charge in [0.25, 0.3) is 0 Å². The lowest BCUT2D eigenvalue weighted by Crippen LogP contribution is -2.36. The van der Waals surface area contributed by atoms with Crippen molar-refractivity contribution in [2.24, 2.45) is 12.0 Å². The Labute approximate surface area is 146 Å². The van der Waals surface area contributed by atoms with Crippen LogP contribution < -0.4 is 10.6 Å². The Morgan fingerprint density at radius 2 is 1.88 bits per heavy atom. The summed E-state index contributed by atoms with van der Waals surface area (Å²) in [6.45, 7) is 2.10. The summed E-state index contributed by atoms with van der Waals surface area (Å²) < 4.78 is 3.78. The highest BCUT2D eigenvalue weighted by Crippen LogP contribution is 2.06. The molecule has 0 amide bonds. The van der Waals surface area contributed by atoms with Crippen LogP contribution in [0.4, 0.5) is 0 Å². The van der Waals surface area contributed by atoms with E-state index in [1.54, 1.807) is 24.3 Å². The average molecular weight is 338 g/mol. The zero-order valence-corrected chi connectivity index (χ0v) is 14.4. The first-order valence-corrected chi connectivity index (χ1v) is 8.05. The first-order chi connectivity index (χ1) is 12.2. The second-order valence-corrected chi connectivity index (χ2v) is 5.63. The van der Waals surface area contributed by atoms with Crippen LogP contribution in [0.15, 0.2) is 54.3 Å². The summed E-state index contributed by atoms with van der Waals surface area (Å²) in [5, 5.41) is 10.6. The molecule has 0 atom stereocenters. The molecular formula is C17H22N8. The predicted molar refractivity (Wildman–Crippen MR) is 95.8 cm³/mol. The van der Waals surface area contributed by atoms with Gasteiger partial charge in [0.1, 0.15) is 12.2 Å². The number of nitrogens with zero attached hydrogens (tertiary/aromatic N) is 6. The third-order valence-electron chi connectivity index (χ3n) is 3.85. The maximum Gasteiger partial charge on any atom is 0.191 e. The molecule has 0 saturated carbocycles. The van der Waals surface area contributed by atoms with Crippen LogP contribution in [-0.4, -0.2) is 37.3 Å². The van der Waals surface area contributed by atoms with E-state index in [0.717, 1.165) is 18.3 Å². The molecule has 0 aliphatic carbocycles. The van der Waals surface area contributed by atoms with Crippen molar-refractivity contribution in [1.82, 2.24) is 34.9 Å². The van der Waals surface area contributed by atoms with Gasteiger partial charge in [0.2, 0.25) is 0 Å². The monoisotopic (exact) mass is 338 g/mol. The molecule has 0 fully saturated rings. The lowest BCUT2D eigenvalue weighted by atomic mass is 10.1. The van der Waals surface area contributed by atoms with E-state index in [4.69, 9.17) is 0 Å². The number of hydrogen-bond donors (Lipinski definition) is 2. The summed E-state index contributed by atoms with van der Waals surface area (Å²) >= 11 is 0. The van der Waals surface area contributed by atoms with Crippen LogP contribution in [0.25, 0.3) is 0 Å². The fourth-order valence-electron chi connectivity index (χ4n) is 2.40. The van der Waals surface area contributed by atoms with E-state index in [2.05, 4.69) is 55.0 Å². The first-order valence-electron chi connectivity index (χ1n) is 8.05. The van der Waals surface area contributed by atoms with Gasteiger partial charge in [-0.15, -0.1) is 0 Å². The number of guanidine groups is 1. The van der Waals surface area contributed by atoms with Gasteiger partial charge in [-0.05, 0) is 11.1 Å². The van der Waals surface area contributed by atoms with E-state index in [-0.39, 0.29) is 0 Å². The number of nitrogens with one attached hydrogen (secondary N) is 2. The van der Waals surface area contributed by atoms with Crippen LogP contribution in [0.3, 0.4) is 0 Å². The van der Waals surface area contributed by atoms with Crippen molar-refractivity contribution in [2.75, 3.05) is 7.05 Å². The Morgan fingerprint density at radius 3 is 2.52 bits per heavy atom. The smallest absolute Gasteiger partial charge is 0.191 e. The molecule has 0 unspecified atom stereocenters. The van der Waals surface area contributed by atoms with Crippen molar-refractivity contribution >= 4 is 5.96 Å². The van der Waals surface area contributed by atoms with Crippen LogP contribution in [0.2, 0.25) is 0 Å². The molecule has 2 N–H and O–H groups in total. The molecule has 1 aromatic carbocycles. The summed E-state index contributed by atoms with van der Waals surface area (Å²) in [7, 11) is 3.62. The quantitative estimate of drug-likeness (QED) is 0.516. The molecular weight excluding hydrogens is 316 g/mol. The topological polar surface area (TPSA) is 84.9 Å². The molecule has 0 saturated heterocycles. The molecule has 25 heavy (non-hydrogen) atoms. The number of aryl methyl sites for hydroxylation is 1. The number of rotatable bonds is 6. The Kier molecular flexibility index (Phi) is 5.40. The van der Waals surface area contributed by atoms with Gasteiger partial charge in [-0.3, -0.25) is 9.67 Å². The summed E-state index contributed by atoms with van der Waals surface area (Å²) in [5.41, 5.74) is 2.43. The van der Waals surface area contributed by atoms with Crippen molar-refractivity contribution in [1.29, 1.82) is 0 Å². The number of benzene rings is 1. The van der Waals surface area contributed by atoms with E-state index in [0.29, 0.717) is 13.1 Å². The molecule has 0 aliphatic rings. The van der Waals surface area contributed by atoms with E-state index in [1.165, 1.54) is 11.1 Å². The third-order valence-corrected chi connectivity index (χ3v) is 3.85. The summed E-state index contributed by atoms with van der Waals surface area (Å²) in [4.78, 5) is 12.5. The van der Waals surface area contributed by atoms with E-state index in [9.17, 15) is 0 Å². The molecule has 0 aliphatic heterocycles. The van der Waals surface area contributed by atoms with E-state index in [1.807, 2.05) is 24.1 Å². The second-order valence-electron chi connectivity index (χ2n) is 5.63. The maximum atomic E-state index is 4.23. The minimum absolute atomic E-state index is 0.569.